The maximum absolute atomic E-state index is 9.19. The zero-order valence-electron chi connectivity index (χ0n) is 3.17. The molecule has 0 aromatic heterocycles. The number of hydrogen-bond donors (Lipinski definition) is 0. The fraction of sp³-hybridized carbons (Fsp3) is 0. The standard InChI is InChI=1S/H2O5S2.Pd/c1-6(2)5-7(3)4;/h(H,1,2)(H,3,4);/q;+2/p-2. The second-order valence-electron chi connectivity index (χ2n) is 0.476. The van der Waals surface area contributed by atoms with Crippen molar-refractivity contribution in [3.63, 3.8) is 0 Å². The predicted molar refractivity (Wildman–Crippen MR) is 18.9 cm³/mol. The van der Waals surface area contributed by atoms with Gasteiger partial charge in [-0.15, -0.1) is 0 Å². The van der Waals surface area contributed by atoms with E-state index in [1.807, 2.05) is 0 Å². The van der Waals surface area contributed by atoms with Crippen LogP contribution in [0.5, 0.6) is 0 Å². The molecule has 0 atom stereocenters. The van der Waals surface area contributed by atoms with E-state index in [9.17, 15) is 17.5 Å². The molecule has 0 N–H and O–H groups in total. The van der Waals surface area contributed by atoms with Crippen molar-refractivity contribution in [3.8, 4) is 0 Å². The number of rotatable bonds is 2. The normalized spacial score (nSPS) is 16.2. The van der Waals surface area contributed by atoms with Crippen molar-refractivity contribution in [2.75, 3.05) is 0 Å². The molecule has 8 heavy (non-hydrogen) atoms. The van der Waals surface area contributed by atoms with Crippen LogP contribution in [0.1, 0.15) is 0 Å². The predicted octanol–water partition coefficient (Wildman–Crippen LogP) is -1.41. The van der Waals surface area contributed by atoms with Crippen LogP contribution >= 0.6 is 0 Å². The van der Waals surface area contributed by atoms with E-state index in [0.717, 1.165) is 0 Å². The molecule has 52 valence electrons. The minimum atomic E-state index is -2.96. The molecule has 0 spiro atoms. The van der Waals surface area contributed by atoms with Gasteiger partial charge in [-0.1, -0.05) is 0 Å². The second kappa shape index (κ2) is 5.97. The molecule has 0 radical (unpaired) electrons. The van der Waals surface area contributed by atoms with Gasteiger partial charge in [0.2, 0.25) is 0 Å². The van der Waals surface area contributed by atoms with Crippen molar-refractivity contribution in [1.82, 2.24) is 0 Å². The largest absolute Gasteiger partial charge is 2.00 e. The van der Waals surface area contributed by atoms with E-state index in [1.165, 1.54) is 0 Å². The molecule has 5 nitrogen and oxygen atoms in total. The van der Waals surface area contributed by atoms with Crippen molar-refractivity contribution in [2.45, 2.75) is 0 Å². The molecule has 0 aromatic rings. The third-order valence-electron chi connectivity index (χ3n) is 0.111. The van der Waals surface area contributed by atoms with Gasteiger partial charge in [-0.25, -0.2) is 12.0 Å². The van der Waals surface area contributed by atoms with E-state index in [2.05, 4.69) is 3.63 Å². The van der Waals surface area contributed by atoms with Crippen LogP contribution in [0.2, 0.25) is 0 Å². The Kier molecular flexibility index (Phi) is 8.67. The van der Waals surface area contributed by atoms with Gasteiger partial charge in [-0.3, -0.25) is 0 Å². The van der Waals surface area contributed by atoms with Crippen molar-refractivity contribution < 1.29 is 41.6 Å². The van der Waals surface area contributed by atoms with Gasteiger partial charge < -0.3 is 9.11 Å². The first-order valence-electron chi connectivity index (χ1n) is 1.00. The van der Waals surface area contributed by atoms with Crippen LogP contribution in [0.25, 0.3) is 0 Å². The summed E-state index contributed by atoms with van der Waals surface area (Å²) in [5, 5.41) is 0. The molecule has 0 aliphatic rings. The Labute approximate surface area is 64.4 Å². The molecule has 0 heterocycles. The first-order chi connectivity index (χ1) is 3.13. The van der Waals surface area contributed by atoms with Crippen LogP contribution in [-0.4, -0.2) is 17.5 Å². The maximum atomic E-state index is 9.19. The summed E-state index contributed by atoms with van der Waals surface area (Å²) in [4.78, 5) is 0. The summed E-state index contributed by atoms with van der Waals surface area (Å²) in [6.45, 7) is 0. The van der Waals surface area contributed by atoms with E-state index in [-0.39, 0.29) is 20.4 Å². The van der Waals surface area contributed by atoms with Crippen molar-refractivity contribution in [2.24, 2.45) is 0 Å². The minimum Gasteiger partial charge on any atom is -0.749 e. The Hall–Kier alpha value is 0.842. The van der Waals surface area contributed by atoms with Gasteiger partial charge in [-0.2, -0.15) is 0 Å². The summed E-state index contributed by atoms with van der Waals surface area (Å²) < 4.78 is 39.9. The van der Waals surface area contributed by atoms with E-state index in [4.69, 9.17) is 0 Å². The quantitative estimate of drug-likeness (QED) is 0.444. The van der Waals surface area contributed by atoms with Gasteiger partial charge in [0.05, 0.1) is 22.7 Å². The summed E-state index contributed by atoms with van der Waals surface area (Å²) in [7, 11) is 0. The molecule has 8 heteroatoms. The molecular weight excluding hydrogens is 251 g/mol. The fourth-order valence-electron chi connectivity index (χ4n) is 0.0454. The van der Waals surface area contributed by atoms with E-state index < -0.39 is 22.7 Å². The van der Waals surface area contributed by atoms with E-state index in [0.29, 0.717) is 0 Å². The molecule has 0 unspecified atom stereocenters. The van der Waals surface area contributed by atoms with Gasteiger partial charge in [-0.05, 0) is 0 Å². The number of hydrogen-bond acceptors (Lipinski definition) is 5. The SMILES string of the molecule is O=S([O-])OS(=O)[O-].[Pd+2]. The summed E-state index contributed by atoms with van der Waals surface area (Å²) in [5.41, 5.74) is 0. The summed E-state index contributed by atoms with van der Waals surface area (Å²) in [6, 6.07) is 0. The van der Waals surface area contributed by atoms with Gasteiger partial charge in [0.25, 0.3) is 0 Å². The summed E-state index contributed by atoms with van der Waals surface area (Å²) >= 11 is -5.92. The van der Waals surface area contributed by atoms with Crippen LogP contribution in [0, 0.1) is 0 Å². The van der Waals surface area contributed by atoms with Crippen molar-refractivity contribution in [1.29, 1.82) is 0 Å². The van der Waals surface area contributed by atoms with Gasteiger partial charge in [0, 0.05) is 0 Å². The topological polar surface area (TPSA) is 89.5 Å². The first kappa shape index (κ1) is 11.6. The van der Waals surface area contributed by atoms with Crippen LogP contribution in [-0.2, 0) is 46.8 Å². The smallest absolute Gasteiger partial charge is 0.749 e. The molecule has 0 bridgehead atoms. The molecular formula is O5PdS2. The van der Waals surface area contributed by atoms with Crippen LogP contribution in [0.3, 0.4) is 0 Å². The molecule has 0 fully saturated rings. The summed E-state index contributed by atoms with van der Waals surface area (Å²) in [5.74, 6) is 0. The van der Waals surface area contributed by atoms with Crippen LogP contribution < -0.4 is 0 Å². The van der Waals surface area contributed by atoms with Crippen LogP contribution in [0.15, 0.2) is 0 Å². The molecule has 0 aliphatic carbocycles. The first-order valence-corrected chi connectivity index (χ1v) is 3.00. The third-order valence-corrected chi connectivity index (χ3v) is 1.00. The fourth-order valence-corrected chi connectivity index (χ4v) is 0.408. The average Bonchev–Trinajstić information content (AvgIpc) is 1.27. The molecule has 0 rings (SSSR count). The van der Waals surface area contributed by atoms with Crippen molar-refractivity contribution in [3.05, 3.63) is 0 Å². The molecule has 0 amide bonds. The monoisotopic (exact) mass is 250 g/mol. The third kappa shape index (κ3) is 9.96. The molecule has 0 saturated heterocycles. The Morgan fingerprint density at radius 3 is 1.38 bits per heavy atom. The van der Waals surface area contributed by atoms with Crippen molar-refractivity contribution >= 4 is 22.7 Å². The zero-order chi connectivity index (χ0) is 5.86. The summed E-state index contributed by atoms with van der Waals surface area (Å²) in [6.07, 6.45) is 0. The Morgan fingerprint density at radius 2 is 1.38 bits per heavy atom. The minimum absolute atomic E-state index is 0. The Balaban J connectivity index is 0. The molecule has 0 aliphatic heterocycles. The maximum Gasteiger partial charge on any atom is 2.00 e. The Morgan fingerprint density at radius 1 is 1.12 bits per heavy atom. The average molecular weight is 251 g/mol. The zero-order valence-corrected chi connectivity index (χ0v) is 6.36. The van der Waals surface area contributed by atoms with Crippen LogP contribution in [0.4, 0.5) is 0 Å². The van der Waals surface area contributed by atoms with E-state index in [1.54, 1.807) is 0 Å². The van der Waals surface area contributed by atoms with Gasteiger partial charge in [0.15, 0.2) is 0 Å². The Bertz CT molecular complexity index is 86.6. The second-order valence-corrected chi connectivity index (χ2v) is 1.84. The molecule has 0 aromatic carbocycles. The van der Waals surface area contributed by atoms with Gasteiger partial charge in [0.1, 0.15) is 0 Å². The molecule has 0 saturated carbocycles. The van der Waals surface area contributed by atoms with E-state index >= 15 is 0 Å². The van der Waals surface area contributed by atoms with Gasteiger partial charge >= 0.3 is 20.4 Å².